The van der Waals surface area contributed by atoms with E-state index in [0.29, 0.717) is 31.4 Å². The molecule has 2 heterocycles. The monoisotopic (exact) mass is 543 g/mol. The van der Waals surface area contributed by atoms with Crippen LogP contribution in [-0.2, 0) is 17.6 Å². The molecule has 0 aliphatic rings. The summed E-state index contributed by atoms with van der Waals surface area (Å²) in [4.78, 5) is 43.3. The largest absolute Gasteiger partial charge is 0.507 e. The third-order valence-electron chi connectivity index (χ3n) is 7.02. The van der Waals surface area contributed by atoms with Crippen LogP contribution in [0.4, 0.5) is 4.79 Å². The van der Waals surface area contributed by atoms with Crippen molar-refractivity contribution in [2.24, 2.45) is 16.3 Å². The van der Waals surface area contributed by atoms with E-state index in [2.05, 4.69) is 28.4 Å². The van der Waals surface area contributed by atoms with Crippen molar-refractivity contribution in [2.75, 3.05) is 7.11 Å². The first-order valence-electron chi connectivity index (χ1n) is 13.2. The fraction of sp³-hybridized carbons (Fsp3) is 0.533. The molecule has 0 radical (unpaired) electrons. The zero-order chi connectivity index (χ0) is 28.3. The minimum Gasteiger partial charge on any atom is -0.507 e. The van der Waals surface area contributed by atoms with E-state index < -0.39 is 28.8 Å². The third-order valence-corrected chi connectivity index (χ3v) is 8.16. The Hall–Kier alpha value is -3.00. The summed E-state index contributed by atoms with van der Waals surface area (Å²) in [5.74, 6) is -1.11. The fourth-order valence-corrected chi connectivity index (χ4v) is 5.53. The number of carbonyl (C=O) groups is 2. The van der Waals surface area contributed by atoms with Crippen molar-refractivity contribution in [3.8, 4) is 5.75 Å². The van der Waals surface area contributed by atoms with Crippen LogP contribution in [-0.4, -0.2) is 30.3 Å². The molecule has 0 aliphatic heterocycles. The number of nitrogens with zero attached hydrogens (tertiary/aromatic N) is 1. The molecule has 8 heteroatoms. The quantitative estimate of drug-likeness (QED) is 0.108. The molecule has 2 atom stereocenters. The van der Waals surface area contributed by atoms with Gasteiger partial charge < -0.3 is 14.3 Å². The number of carbonyl (C=O) groups excluding carboxylic acids is 2. The molecule has 2 aromatic heterocycles. The topological polar surface area (TPSA) is 106 Å². The third kappa shape index (κ3) is 9.08. The summed E-state index contributed by atoms with van der Waals surface area (Å²) in [5, 5.41) is 10.7. The van der Waals surface area contributed by atoms with Crippen LogP contribution in [0.5, 0.6) is 5.75 Å². The Morgan fingerprint density at radius 2 is 1.89 bits per heavy atom. The van der Waals surface area contributed by atoms with Crippen LogP contribution in [0.25, 0.3) is 0 Å². The molecule has 2 aromatic rings. The van der Waals surface area contributed by atoms with Crippen LogP contribution in [0.2, 0.25) is 0 Å². The van der Waals surface area contributed by atoms with E-state index in [-0.39, 0.29) is 17.2 Å². The first-order valence-corrected chi connectivity index (χ1v) is 14.0. The van der Waals surface area contributed by atoms with Crippen molar-refractivity contribution in [3.05, 3.63) is 62.4 Å². The predicted molar refractivity (Wildman–Crippen MR) is 153 cm³/mol. The summed E-state index contributed by atoms with van der Waals surface area (Å²) in [5.41, 5.74) is -1.54. The highest BCUT2D eigenvalue weighted by molar-refractivity contribution is 7.12. The number of Topliss-reactive ketones (excluding diaryl/α,β-unsaturated/α-hetero) is 1. The van der Waals surface area contributed by atoms with E-state index in [1.165, 1.54) is 29.1 Å². The Morgan fingerprint density at radius 1 is 1.18 bits per heavy atom. The van der Waals surface area contributed by atoms with Crippen molar-refractivity contribution in [2.45, 2.75) is 85.0 Å². The van der Waals surface area contributed by atoms with Crippen molar-refractivity contribution in [1.82, 2.24) is 0 Å². The minimum absolute atomic E-state index is 0.164. The Balaban J connectivity index is 2.04. The van der Waals surface area contributed by atoms with E-state index in [4.69, 9.17) is 4.42 Å². The number of aliphatic imine (C=N–C) groups is 1. The Bertz CT molecular complexity index is 1180. The van der Waals surface area contributed by atoms with E-state index in [1.54, 1.807) is 18.3 Å². The standard InChI is InChI=1S/C30H41NO6S/c1-7-8-9-10-14-22-15-16-23(38-22)19-30(4,5)21(3)27(33)26-24(32)18-25(37-28(26)34)20(2)13-11-12-17-31-29(35)36-6/h7,15-18,20-21,32H,1,8-14,19H2,2-6H3. The number of rotatable bonds is 15. The number of hydrogen-bond acceptors (Lipinski definition) is 7. The summed E-state index contributed by atoms with van der Waals surface area (Å²) < 4.78 is 9.92. The molecular formula is C30H41NO6S. The molecule has 208 valence electrons. The molecule has 2 unspecified atom stereocenters. The lowest BCUT2D eigenvalue weighted by atomic mass is 9.73. The van der Waals surface area contributed by atoms with Gasteiger partial charge >= 0.3 is 11.7 Å². The number of amides is 1. The summed E-state index contributed by atoms with van der Waals surface area (Å²) in [6, 6.07) is 5.65. The molecule has 7 nitrogen and oxygen atoms in total. The first kappa shape index (κ1) is 31.2. The first-order chi connectivity index (χ1) is 18.0. The molecule has 2 rings (SSSR count). The number of allylic oxidation sites excluding steroid dienone is 1. The highest BCUT2D eigenvalue weighted by Crippen LogP contribution is 2.36. The van der Waals surface area contributed by atoms with Gasteiger partial charge in [-0.25, -0.2) is 9.59 Å². The van der Waals surface area contributed by atoms with Gasteiger partial charge in [-0.3, -0.25) is 4.79 Å². The Labute approximate surface area is 229 Å². The lowest BCUT2D eigenvalue weighted by Gasteiger charge is -2.30. The molecule has 0 saturated carbocycles. The van der Waals surface area contributed by atoms with Crippen LogP contribution in [0.15, 0.2) is 45.1 Å². The van der Waals surface area contributed by atoms with Crippen molar-refractivity contribution >= 4 is 29.4 Å². The lowest BCUT2D eigenvalue weighted by molar-refractivity contribution is 0.0812. The summed E-state index contributed by atoms with van der Waals surface area (Å²) in [6.07, 6.45) is 9.67. The van der Waals surface area contributed by atoms with E-state index in [1.807, 2.05) is 26.8 Å². The molecule has 0 bridgehead atoms. The van der Waals surface area contributed by atoms with Crippen LogP contribution in [0, 0.1) is 11.3 Å². The Kier molecular flexibility index (Phi) is 12.2. The number of thiophene rings is 1. The zero-order valence-electron chi connectivity index (χ0n) is 23.2. The van der Waals surface area contributed by atoms with Gasteiger partial charge in [0, 0.05) is 33.9 Å². The van der Waals surface area contributed by atoms with Gasteiger partial charge in [0.2, 0.25) is 0 Å². The molecule has 38 heavy (non-hydrogen) atoms. The molecule has 1 amide bonds. The van der Waals surface area contributed by atoms with Gasteiger partial charge in [-0.15, -0.1) is 17.9 Å². The molecule has 0 spiro atoms. The number of aromatic hydroxyl groups is 1. The lowest BCUT2D eigenvalue weighted by Crippen LogP contribution is -2.33. The van der Waals surface area contributed by atoms with Gasteiger partial charge in [0.05, 0.1) is 7.11 Å². The highest BCUT2D eigenvalue weighted by Gasteiger charge is 2.35. The second kappa shape index (κ2) is 14.8. The van der Waals surface area contributed by atoms with E-state index >= 15 is 0 Å². The molecule has 1 N–H and O–H groups in total. The molecular weight excluding hydrogens is 502 g/mol. The van der Waals surface area contributed by atoms with Gasteiger partial charge in [0.15, 0.2) is 5.78 Å². The van der Waals surface area contributed by atoms with Crippen LogP contribution in [0.3, 0.4) is 0 Å². The molecule has 0 saturated heterocycles. The van der Waals surface area contributed by atoms with Gasteiger partial charge in [-0.05, 0) is 68.9 Å². The van der Waals surface area contributed by atoms with Crippen molar-refractivity contribution in [3.63, 3.8) is 0 Å². The number of ketones is 1. The maximum absolute atomic E-state index is 13.4. The van der Waals surface area contributed by atoms with Gasteiger partial charge in [-0.1, -0.05) is 33.8 Å². The smallest absolute Gasteiger partial charge is 0.432 e. The van der Waals surface area contributed by atoms with Crippen LogP contribution in [0.1, 0.15) is 98.0 Å². The number of methoxy groups -OCH3 is 1. The van der Waals surface area contributed by atoms with E-state index in [9.17, 15) is 19.5 Å². The van der Waals surface area contributed by atoms with Gasteiger partial charge in [0.25, 0.3) is 0 Å². The summed E-state index contributed by atoms with van der Waals surface area (Å²) in [7, 11) is 1.26. The Morgan fingerprint density at radius 3 is 2.55 bits per heavy atom. The normalized spacial score (nSPS) is 13.4. The van der Waals surface area contributed by atoms with Gasteiger partial charge in [0.1, 0.15) is 17.1 Å². The average molecular weight is 544 g/mol. The predicted octanol–water partition coefficient (Wildman–Crippen LogP) is 7.50. The maximum atomic E-state index is 13.4. The SMILES string of the molecule is C=CCCCCc1ccc(CC(C)(C)C(C)C(=O)c2c(O)cc(C(C)CCCC=NC(=O)OC)oc2=O)s1. The number of hydrogen-bond donors (Lipinski definition) is 1. The number of ether oxygens (including phenoxy) is 1. The van der Waals surface area contributed by atoms with E-state index in [0.717, 1.165) is 25.7 Å². The second-order valence-electron chi connectivity index (χ2n) is 10.5. The maximum Gasteiger partial charge on any atom is 0.432 e. The van der Waals surface area contributed by atoms with Crippen LogP contribution >= 0.6 is 11.3 Å². The number of aryl methyl sites for hydroxylation is 1. The fourth-order valence-electron chi connectivity index (χ4n) is 4.23. The zero-order valence-corrected chi connectivity index (χ0v) is 24.1. The highest BCUT2D eigenvalue weighted by atomic mass is 32.1. The van der Waals surface area contributed by atoms with Crippen LogP contribution < -0.4 is 5.63 Å². The number of unbranched alkanes of at least 4 members (excludes halogenated alkanes) is 3. The average Bonchev–Trinajstić information content (AvgIpc) is 3.31. The summed E-state index contributed by atoms with van der Waals surface area (Å²) >= 11 is 1.77. The molecule has 0 fully saturated rings. The molecule has 0 aliphatic carbocycles. The second-order valence-corrected chi connectivity index (χ2v) is 11.7. The minimum atomic E-state index is -0.815. The van der Waals surface area contributed by atoms with Gasteiger partial charge in [-0.2, -0.15) is 4.99 Å². The van der Waals surface area contributed by atoms with Crippen molar-refractivity contribution in [1.29, 1.82) is 0 Å². The summed E-state index contributed by atoms with van der Waals surface area (Å²) in [6.45, 7) is 11.5. The molecule has 0 aromatic carbocycles. The van der Waals surface area contributed by atoms with Crippen molar-refractivity contribution < 1.29 is 23.8 Å².